The largest absolute Gasteiger partial charge is 0.438 e. The highest BCUT2D eigenvalue weighted by molar-refractivity contribution is 6.35. The molecule has 1 aliphatic rings. The number of rotatable bonds is 1. The number of nitriles is 1. The third-order valence-electron chi connectivity index (χ3n) is 4.04. The molecule has 0 amide bonds. The van der Waals surface area contributed by atoms with Crippen molar-refractivity contribution in [2.75, 3.05) is 0 Å². The second kappa shape index (κ2) is 5.52. The Bertz CT molecular complexity index is 1020. The minimum atomic E-state index is -0.392. The zero-order valence-corrected chi connectivity index (χ0v) is 13.2. The molecule has 5 nitrogen and oxygen atoms in total. The second-order valence-electron chi connectivity index (χ2n) is 5.39. The van der Waals surface area contributed by atoms with E-state index in [0.717, 1.165) is 16.5 Å². The van der Waals surface area contributed by atoms with Crippen LogP contribution in [0.15, 0.2) is 60.4 Å². The number of nitrogens with zero attached hydrogens (tertiary/aromatic N) is 3. The minimum absolute atomic E-state index is 0.0770. The molecule has 116 valence electrons. The van der Waals surface area contributed by atoms with Crippen molar-refractivity contribution < 1.29 is 4.74 Å². The van der Waals surface area contributed by atoms with Crippen molar-refractivity contribution >= 4 is 22.5 Å². The molecule has 0 saturated carbocycles. The summed E-state index contributed by atoms with van der Waals surface area (Å²) in [4.78, 5) is 8.53. The van der Waals surface area contributed by atoms with E-state index in [2.05, 4.69) is 16.0 Å². The zero-order chi connectivity index (χ0) is 16.7. The van der Waals surface area contributed by atoms with Gasteiger partial charge in [-0.3, -0.25) is 9.97 Å². The standard InChI is InChI=1S/C18H11ClN4O/c19-14-7-12-15(10-3-1-5-22-9-10)13(8-20)18(21)24-17(12)16-11(14)4-2-6-23-16/h1-7,9,15H,21H2. The van der Waals surface area contributed by atoms with E-state index in [4.69, 9.17) is 22.1 Å². The Hall–Kier alpha value is -3.10. The summed E-state index contributed by atoms with van der Waals surface area (Å²) in [6, 6.07) is 11.3. The van der Waals surface area contributed by atoms with Crippen LogP contribution in [-0.4, -0.2) is 9.97 Å². The first-order valence-electron chi connectivity index (χ1n) is 7.25. The summed E-state index contributed by atoms with van der Waals surface area (Å²) >= 11 is 6.43. The maximum atomic E-state index is 9.56. The second-order valence-corrected chi connectivity index (χ2v) is 5.79. The molecule has 2 aromatic heterocycles. The van der Waals surface area contributed by atoms with Crippen LogP contribution in [0.2, 0.25) is 5.02 Å². The SMILES string of the molecule is N#CC1=C(N)Oc2c(cc(Cl)c3cccnc23)C1c1cccnc1. The number of fused-ring (bicyclic) bond motifs is 3. The molecule has 1 atom stereocenters. The molecule has 24 heavy (non-hydrogen) atoms. The van der Waals surface area contributed by atoms with E-state index in [1.165, 1.54) is 0 Å². The summed E-state index contributed by atoms with van der Waals surface area (Å²) in [7, 11) is 0. The van der Waals surface area contributed by atoms with Gasteiger partial charge < -0.3 is 10.5 Å². The lowest BCUT2D eigenvalue weighted by molar-refractivity contribution is 0.397. The lowest BCUT2D eigenvalue weighted by atomic mass is 9.84. The smallest absolute Gasteiger partial charge is 0.205 e. The first-order valence-corrected chi connectivity index (χ1v) is 7.63. The fourth-order valence-electron chi connectivity index (χ4n) is 2.99. The molecule has 4 rings (SSSR count). The lowest BCUT2D eigenvalue weighted by Gasteiger charge is -2.27. The third-order valence-corrected chi connectivity index (χ3v) is 4.35. The number of ether oxygens (including phenoxy) is 1. The summed E-state index contributed by atoms with van der Waals surface area (Å²) < 4.78 is 5.75. The van der Waals surface area contributed by atoms with Crippen molar-refractivity contribution in [3.8, 4) is 11.8 Å². The number of pyridine rings is 2. The molecule has 1 unspecified atom stereocenters. The van der Waals surface area contributed by atoms with Gasteiger partial charge in [0, 0.05) is 29.5 Å². The summed E-state index contributed by atoms with van der Waals surface area (Å²) in [6.07, 6.45) is 5.06. The maximum Gasteiger partial charge on any atom is 0.205 e. The van der Waals surface area contributed by atoms with E-state index in [0.29, 0.717) is 21.9 Å². The Labute approximate surface area is 143 Å². The number of aromatic nitrogens is 2. The Morgan fingerprint density at radius 3 is 2.83 bits per heavy atom. The number of hydrogen-bond donors (Lipinski definition) is 1. The quantitative estimate of drug-likeness (QED) is 0.736. The van der Waals surface area contributed by atoms with Crippen LogP contribution in [-0.2, 0) is 0 Å². The van der Waals surface area contributed by atoms with E-state index in [1.54, 1.807) is 18.6 Å². The van der Waals surface area contributed by atoms with Gasteiger partial charge in [0.25, 0.3) is 0 Å². The van der Waals surface area contributed by atoms with Crippen LogP contribution in [0.1, 0.15) is 17.0 Å². The normalized spacial score (nSPS) is 16.4. The van der Waals surface area contributed by atoms with E-state index < -0.39 is 5.92 Å². The van der Waals surface area contributed by atoms with Crippen LogP contribution in [0.4, 0.5) is 0 Å². The molecule has 0 fully saturated rings. The van der Waals surface area contributed by atoms with Gasteiger partial charge >= 0.3 is 0 Å². The van der Waals surface area contributed by atoms with E-state index in [1.807, 2.05) is 30.3 Å². The highest BCUT2D eigenvalue weighted by Crippen LogP contribution is 2.46. The predicted molar refractivity (Wildman–Crippen MR) is 90.3 cm³/mol. The van der Waals surface area contributed by atoms with Crippen molar-refractivity contribution in [3.63, 3.8) is 0 Å². The zero-order valence-electron chi connectivity index (χ0n) is 12.4. The number of halogens is 1. The summed E-state index contributed by atoms with van der Waals surface area (Å²) in [5, 5.41) is 10.9. The van der Waals surface area contributed by atoms with Gasteiger partial charge in [0.2, 0.25) is 5.88 Å². The Balaban J connectivity index is 2.07. The summed E-state index contributed by atoms with van der Waals surface area (Å²) in [5.41, 5.74) is 8.56. The molecule has 6 heteroatoms. The molecular formula is C18H11ClN4O. The fraction of sp³-hybridized carbons (Fsp3) is 0.0556. The van der Waals surface area contributed by atoms with Crippen molar-refractivity contribution in [1.82, 2.24) is 9.97 Å². The highest BCUT2D eigenvalue weighted by atomic mass is 35.5. The molecule has 0 radical (unpaired) electrons. The van der Waals surface area contributed by atoms with Gasteiger partial charge in [0.1, 0.15) is 17.2 Å². The van der Waals surface area contributed by atoms with Gasteiger partial charge in [-0.2, -0.15) is 5.26 Å². The molecular weight excluding hydrogens is 324 g/mol. The monoisotopic (exact) mass is 334 g/mol. The van der Waals surface area contributed by atoms with Crippen LogP contribution in [0.5, 0.6) is 5.75 Å². The number of allylic oxidation sites excluding steroid dienone is 1. The molecule has 0 bridgehead atoms. The van der Waals surface area contributed by atoms with Crippen LogP contribution in [0.3, 0.4) is 0 Å². The Morgan fingerprint density at radius 2 is 2.08 bits per heavy atom. The molecule has 3 aromatic rings. The van der Waals surface area contributed by atoms with Crippen molar-refractivity contribution in [2.24, 2.45) is 5.73 Å². The maximum absolute atomic E-state index is 9.56. The number of benzene rings is 1. The van der Waals surface area contributed by atoms with Gasteiger partial charge in [0.05, 0.1) is 10.9 Å². The van der Waals surface area contributed by atoms with Gasteiger partial charge in [-0.15, -0.1) is 0 Å². The van der Waals surface area contributed by atoms with Crippen LogP contribution < -0.4 is 10.5 Å². The number of nitrogens with two attached hydrogens (primary N) is 1. The van der Waals surface area contributed by atoms with Gasteiger partial charge in [-0.05, 0) is 29.8 Å². The molecule has 0 aliphatic carbocycles. The highest BCUT2D eigenvalue weighted by Gasteiger charge is 2.33. The first kappa shape index (κ1) is 14.5. The molecule has 1 aromatic carbocycles. The van der Waals surface area contributed by atoms with Crippen LogP contribution >= 0.6 is 11.6 Å². The van der Waals surface area contributed by atoms with Crippen molar-refractivity contribution in [3.05, 3.63) is 76.5 Å². The van der Waals surface area contributed by atoms with Crippen LogP contribution in [0.25, 0.3) is 10.9 Å². The van der Waals surface area contributed by atoms with E-state index >= 15 is 0 Å². The van der Waals surface area contributed by atoms with E-state index in [9.17, 15) is 5.26 Å². The van der Waals surface area contributed by atoms with Gasteiger partial charge in [-0.25, -0.2) is 0 Å². The molecule has 0 saturated heterocycles. The fourth-order valence-corrected chi connectivity index (χ4v) is 3.26. The topological polar surface area (TPSA) is 84.8 Å². The Kier molecular flexibility index (Phi) is 3.33. The number of hydrogen-bond acceptors (Lipinski definition) is 5. The molecule has 1 aliphatic heterocycles. The van der Waals surface area contributed by atoms with Gasteiger partial charge in [-0.1, -0.05) is 17.7 Å². The lowest BCUT2D eigenvalue weighted by Crippen LogP contribution is -2.21. The average Bonchev–Trinajstić information content (AvgIpc) is 2.62. The predicted octanol–water partition coefficient (Wildman–Crippen LogP) is 3.50. The average molecular weight is 335 g/mol. The molecule has 0 spiro atoms. The minimum Gasteiger partial charge on any atom is -0.438 e. The molecule has 2 N–H and O–H groups in total. The van der Waals surface area contributed by atoms with Crippen molar-refractivity contribution in [2.45, 2.75) is 5.92 Å². The molecule has 3 heterocycles. The van der Waals surface area contributed by atoms with Gasteiger partial charge in [0.15, 0.2) is 5.75 Å². The van der Waals surface area contributed by atoms with Crippen LogP contribution in [0, 0.1) is 11.3 Å². The first-order chi connectivity index (χ1) is 11.7. The Morgan fingerprint density at radius 1 is 1.25 bits per heavy atom. The third kappa shape index (κ3) is 2.08. The van der Waals surface area contributed by atoms with E-state index in [-0.39, 0.29) is 5.88 Å². The van der Waals surface area contributed by atoms with Crippen molar-refractivity contribution in [1.29, 1.82) is 5.26 Å². The summed E-state index contributed by atoms with van der Waals surface area (Å²) in [5.74, 6) is 0.213. The summed E-state index contributed by atoms with van der Waals surface area (Å²) in [6.45, 7) is 0.